The molecule has 0 aliphatic carbocycles. The van der Waals surface area contributed by atoms with E-state index in [4.69, 9.17) is 0 Å². The SMILES string of the molecule is C=CCN(Cc1ccccc1)[C@@H](C)CN(Cc1ccccc1)[C@@H](Cc1ccccc1)CN(Cc1ccccc1)[C@H](CN(Cc1ccccc1)[C@@H](C)CO)C(C)C. The van der Waals surface area contributed by atoms with Gasteiger partial charge in [-0.05, 0) is 54.0 Å². The van der Waals surface area contributed by atoms with Crippen molar-refractivity contribution in [2.75, 3.05) is 32.8 Å². The Morgan fingerprint density at radius 3 is 1.27 bits per heavy atom. The van der Waals surface area contributed by atoms with Gasteiger partial charge in [0.1, 0.15) is 0 Å². The smallest absolute Gasteiger partial charge is 0.0584 e. The van der Waals surface area contributed by atoms with Crippen LogP contribution in [0.15, 0.2) is 164 Å². The fourth-order valence-electron chi connectivity index (χ4n) is 7.92. The Bertz CT molecular complexity index is 1770. The van der Waals surface area contributed by atoms with Crippen LogP contribution < -0.4 is 0 Å². The molecule has 0 saturated heterocycles. The van der Waals surface area contributed by atoms with Gasteiger partial charge in [0.05, 0.1) is 6.61 Å². The van der Waals surface area contributed by atoms with Gasteiger partial charge in [0.2, 0.25) is 0 Å². The Labute approximate surface area is 338 Å². The van der Waals surface area contributed by atoms with Gasteiger partial charge in [0.25, 0.3) is 0 Å². The van der Waals surface area contributed by atoms with Crippen LogP contribution >= 0.6 is 0 Å². The molecule has 1 N–H and O–H groups in total. The average molecular weight is 751 g/mol. The highest BCUT2D eigenvalue weighted by Crippen LogP contribution is 2.24. The van der Waals surface area contributed by atoms with E-state index in [9.17, 15) is 5.11 Å². The normalized spacial score (nSPS) is 14.0. The Morgan fingerprint density at radius 1 is 0.464 bits per heavy atom. The van der Waals surface area contributed by atoms with E-state index < -0.39 is 0 Å². The Kier molecular flexibility index (Phi) is 17.6. The van der Waals surface area contributed by atoms with E-state index in [2.05, 4.69) is 206 Å². The molecule has 0 amide bonds. The number of aliphatic hydroxyl groups is 1. The van der Waals surface area contributed by atoms with Gasteiger partial charge >= 0.3 is 0 Å². The van der Waals surface area contributed by atoms with Crippen LogP contribution in [0.2, 0.25) is 0 Å². The van der Waals surface area contributed by atoms with Crippen molar-refractivity contribution >= 4 is 0 Å². The first-order chi connectivity index (χ1) is 27.3. The number of benzene rings is 5. The lowest BCUT2D eigenvalue weighted by Crippen LogP contribution is -2.55. The third-order valence-electron chi connectivity index (χ3n) is 11.2. The molecule has 0 unspecified atom stereocenters. The van der Waals surface area contributed by atoms with E-state index in [1.807, 2.05) is 6.08 Å². The first kappa shape index (κ1) is 42.8. The summed E-state index contributed by atoms with van der Waals surface area (Å²) in [6, 6.07) is 55.4. The fourth-order valence-corrected chi connectivity index (χ4v) is 7.92. The molecule has 0 aliphatic heterocycles. The van der Waals surface area contributed by atoms with Gasteiger partial charge in [0, 0.05) is 76.5 Å². The Hall–Kier alpha value is -4.36. The van der Waals surface area contributed by atoms with Crippen LogP contribution in [0.25, 0.3) is 0 Å². The number of aliphatic hydroxyl groups excluding tert-OH is 1. The molecule has 5 rings (SSSR count). The second-order valence-corrected chi connectivity index (χ2v) is 16.0. The predicted octanol–water partition coefficient (Wildman–Crippen LogP) is 9.59. The summed E-state index contributed by atoms with van der Waals surface area (Å²) in [4.78, 5) is 10.6. The van der Waals surface area contributed by atoms with E-state index in [0.717, 1.165) is 58.8 Å². The van der Waals surface area contributed by atoms with E-state index in [1.165, 1.54) is 27.8 Å². The number of rotatable bonds is 24. The minimum Gasteiger partial charge on any atom is -0.395 e. The fraction of sp³-hybridized carbons (Fsp3) is 0.373. The second-order valence-electron chi connectivity index (χ2n) is 16.0. The zero-order valence-electron chi connectivity index (χ0n) is 34.4. The molecule has 5 aromatic rings. The van der Waals surface area contributed by atoms with Crippen molar-refractivity contribution in [3.63, 3.8) is 0 Å². The standard InChI is InChI=1S/C51H66N4O/c1-6-32-52(35-46-24-14-8-15-25-46)43(4)34-54(37-48-28-18-10-19-29-48)50(33-45-22-12-7-13-23-45)39-55(38-49-30-20-11-21-31-49)51(42(2)3)40-53(44(5)41-56)36-47-26-16-9-17-27-47/h6-31,42-44,50-51,56H,1,32-41H2,2-5H3/t43-,44-,50-,51+/m0/s1. The molecule has 0 aliphatic rings. The first-order valence-electron chi connectivity index (χ1n) is 20.7. The highest BCUT2D eigenvalue weighted by molar-refractivity contribution is 5.20. The highest BCUT2D eigenvalue weighted by atomic mass is 16.3. The van der Waals surface area contributed by atoms with E-state index in [1.54, 1.807) is 0 Å². The predicted molar refractivity (Wildman–Crippen MR) is 236 cm³/mol. The third kappa shape index (κ3) is 13.7. The van der Waals surface area contributed by atoms with Crippen molar-refractivity contribution in [3.8, 4) is 0 Å². The van der Waals surface area contributed by atoms with Crippen molar-refractivity contribution in [1.82, 2.24) is 19.6 Å². The van der Waals surface area contributed by atoms with Crippen molar-refractivity contribution < 1.29 is 5.11 Å². The van der Waals surface area contributed by atoms with Crippen molar-refractivity contribution in [2.24, 2.45) is 5.92 Å². The maximum absolute atomic E-state index is 10.5. The topological polar surface area (TPSA) is 33.2 Å². The first-order valence-corrected chi connectivity index (χ1v) is 20.7. The maximum Gasteiger partial charge on any atom is 0.0584 e. The summed E-state index contributed by atoms with van der Waals surface area (Å²) in [6.45, 7) is 20.5. The molecule has 0 bridgehead atoms. The molecule has 0 heterocycles. The molecule has 56 heavy (non-hydrogen) atoms. The summed E-state index contributed by atoms with van der Waals surface area (Å²) in [7, 11) is 0. The summed E-state index contributed by atoms with van der Waals surface area (Å²) < 4.78 is 0. The van der Waals surface area contributed by atoms with Crippen LogP contribution in [0.5, 0.6) is 0 Å². The van der Waals surface area contributed by atoms with Crippen LogP contribution in [0.3, 0.4) is 0 Å². The van der Waals surface area contributed by atoms with Crippen molar-refractivity contribution in [2.45, 2.75) is 84.5 Å². The summed E-state index contributed by atoms with van der Waals surface area (Å²) >= 11 is 0. The summed E-state index contributed by atoms with van der Waals surface area (Å²) in [5.74, 6) is 0.385. The highest BCUT2D eigenvalue weighted by Gasteiger charge is 2.32. The molecule has 0 radical (unpaired) electrons. The lowest BCUT2D eigenvalue weighted by atomic mass is 9.96. The largest absolute Gasteiger partial charge is 0.395 e. The molecule has 4 atom stereocenters. The van der Waals surface area contributed by atoms with Crippen LogP contribution in [-0.2, 0) is 32.6 Å². The average Bonchev–Trinajstić information content (AvgIpc) is 3.23. The molecule has 5 nitrogen and oxygen atoms in total. The summed E-state index contributed by atoms with van der Waals surface area (Å²) in [5, 5.41) is 10.5. The molecule has 0 spiro atoms. The van der Waals surface area contributed by atoms with Gasteiger partial charge in [-0.25, -0.2) is 0 Å². The van der Waals surface area contributed by atoms with Crippen LogP contribution in [0.4, 0.5) is 0 Å². The molecule has 0 saturated carbocycles. The molecule has 5 heteroatoms. The zero-order valence-corrected chi connectivity index (χ0v) is 34.4. The summed E-state index contributed by atoms with van der Waals surface area (Å²) in [5.41, 5.74) is 6.61. The zero-order chi connectivity index (χ0) is 39.5. The molecular formula is C51H66N4O. The van der Waals surface area contributed by atoms with E-state index in [-0.39, 0.29) is 30.8 Å². The Balaban J connectivity index is 1.54. The number of hydrogen-bond donors (Lipinski definition) is 1. The number of hydrogen-bond acceptors (Lipinski definition) is 5. The minimum atomic E-state index is 0.0334. The monoisotopic (exact) mass is 751 g/mol. The molecule has 0 aromatic heterocycles. The number of nitrogens with zero attached hydrogens (tertiary/aromatic N) is 4. The van der Waals surface area contributed by atoms with Gasteiger partial charge in [-0.1, -0.05) is 172 Å². The van der Waals surface area contributed by atoms with Crippen molar-refractivity contribution in [3.05, 3.63) is 192 Å². The summed E-state index contributed by atoms with van der Waals surface area (Å²) in [6.07, 6.45) is 2.99. The molecular weight excluding hydrogens is 685 g/mol. The van der Waals surface area contributed by atoms with Crippen molar-refractivity contribution in [1.29, 1.82) is 0 Å². The van der Waals surface area contributed by atoms with Gasteiger partial charge in [-0.15, -0.1) is 6.58 Å². The van der Waals surface area contributed by atoms with E-state index >= 15 is 0 Å². The van der Waals surface area contributed by atoms with Crippen LogP contribution in [0.1, 0.15) is 55.5 Å². The second kappa shape index (κ2) is 23.0. The molecule has 296 valence electrons. The third-order valence-corrected chi connectivity index (χ3v) is 11.2. The Morgan fingerprint density at radius 2 is 0.857 bits per heavy atom. The minimum absolute atomic E-state index is 0.0334. The lowest BCUT2D eigenvalue weighted by Gasteiger charge is -2.44. The van der Waals surface area contributed by atoms with E-state index in [0.29, 0.717) is 5.92 Å². The van der Waals surface area contributed by atoms with Crippen LogP contribution in [0, 0.1) is 5.92 Å². The van der Waals surface area contributed by atoms with Gasteiger partial charge < -0.3 is 5.11 Å². The maximum atomic E-state index is 10.5. The van der Waals surface area contributed by atoms with Gasteiger partial charge in [-0.3, -0.25) is 19.6 Å². The van der Waals surface area contributed by atoms with Crippen LogP contribution in [-0.4, -0.2) is 81.7 Å². The van der Waals surface area contributed by atoms with Gasteiger partial charge in [-0.2, -0.15) is 0 Å². The quantitative estimate of drug-likeness (QED) is 0.0636. The lowest BCUT2D eigenvalue weighted by molar-refractivity contribution is 0.0321. The van der Waals surface area contributed by atoms with Gasteiger partial charge in [0.15, 0.2) is 0 Å². The molecule has 0 fully saturated rings. The molecule has 5 aromatic carbocycles.